The van der Waals surface area contributed by atoms with E-state index in [-0.39, 0.29) is 5.75 Å². The highest BCUT2D eigenvalue weighted by Crippen LogP contribution is 2.27. The van der Waals surface area contributed by atoms with Crippen LogP contribution in [0, 0.1) is 0 Å². The first-order valence-electron chi connectivity index (χ1n) is 7.70. The third kappa shape index (κ3) is 6.72. The minimum absolute atomic E-state index is 0.242. The molecule has 0 heterocycles. The molecule has 0 saturated heterocycles. The molecule has 0 fully saturated rings. The van der Waals surface area contributed by atoms with E-state index in [4.69, 9.17) is 15.2 Å². The number of amidine groups is 1. The van der Waals surface area contributed by atoms with E-state index in [1.807, 2.05) is 30.3 Å². The van der Waals surface area contributed by atoms with Crippen LogP contribution in [-0.2, 0) is 5.75 Å². The lowest BCUT2D eigenvalue weighted by Crippen LogP contribution is -2.08. The van der Waals surface area contributed by atoms with Gasteiger partial charge in [0.05, 0.1) is 13.3 Å². The van der Waals surface area contributed by atoms with Crippen LogP contribution in [0.25, 0.3) is 0 Å². The van der Waals surface area contributed by atoms with Crippen molar-refractivity contribution in [1.29, 1.82) is 0 Å². The molecule has 0 aliphatic carbocycles. The van der Waals surface area contributed by atoms with Crippen LogP contribution in [0.15, 0.2) is 58.7 Å². The zero-order chi connectivity index (χ0) is 18.8. The van der Waals surface area contributed by atoms with Crippen molar-refractivity contribution in [3.05, 3.63) is 59.7 Å². The standard InChI is InChI=1S/C18H19F2N3O2S/c1-24-16-9-14(7-8-15(16)25-11-17(19)20)10-22-23-18(21)26-12-13-5-3-2-4-6-13/h2-10,17H,11-12H2,1H3,(H2,21,23). The summed E-state index contributed by atoms with van der Waals surface area (Å²) in [6.45, 7) is -0.691. The van der Waals surface area contributed by atoms with Crippen LogP contribution < -0.4 is 15.2 Å². The van der Waals surface area contributed by atoms with Crippen molar-refractivity contribution in [3.8, 4) is 11.5 Å². The lowest BCUT2D eigenvalue weighted by molar-refractivity contribution is 0.0804. The third-order valence-corrected chi connectivity index (χ3v) is 4.00. The van der Waals surface area contributed by atoms with Crippen LogP contribution in [0.4, 0.5) is 8.78 Å². The second kappa shape index (κ2) is 10.4. The predicted octanol–water partition coefficient (Wildman–Crippen LogP) is 3.92. The predicted molar refractivity (Wildman–Crippen MR) is 101 cm³/mol. The van der Waals surface area contributed by atoms with Crippen molar-refractivity contribution >= 4 is 23.1 Å². The number of thioether (sulfide) groups is 1. The first kappa shape index (κ1) is 19.7. The molecular formula is C18H19F2N3O2S. The quantitative estimate of drug-likeness (QED) is 0.429. The Bertz CT molecular complexity index is 755. The van der Waals surface area contributed by atoms with E-state index in [2.05, 4.69) is 10.2 Å². The fourth-order valence-corrected chi connectivity index (χ4v) is 2.56. The molecule has 2 aromatic carbocycles. The molecule has 0 aliphatic rings. The third-order valence-electron chi connectivity index (χ3n) is 3.15. The van der Waals surface area contributed by atoms with Crippen molar-refractivity contribution in [2.24, 2.45) is 15.9 Å². The lowest BCUT2D eigenvalue weighted by Gasteiger charge is -2.10. The molecule has 2 aromatic rings. The van der Waals surface area contributed by atoms with E-state index < -0.39 is 13.0 Å². The van der Waals surface area contributed by atoms with Gasteiger partial charge < -0.3 is 15.2 Å². The number of ether oxygens (including phenoxy) is 2. The fraction of sp³-hybridized carbons (Fsp3) is 0.222. The number of methoxy groups -OCH3 is 1. The summed E-state index contributed by atoms with van der Waals surface area (Å²) in [4.78, 5) is 0. The summed E-state index contributed by atoms with van der Waals surface area (Å²) in [5.41, 5.74) is 7.64. The topological polar surface area (TPSA) is 69.2 Å². The zero-order valence-corrected chi connectivity index (χ0v) is 15.0. The van der Waals surface area contributed by atoms with Gasteiger partial charge in [-0.25, -0.2) is 8.78 Å². The molecule has 0 unspecified atom stereocenters. The maximum atomic E-state index is 12.2. The number of alkyl halides is 2. The Morgan fingerprint density at radius 2 is 1.96 bits per heavy atom. The average Bonchev–Trinajstić information content (AvgIpc) is 2.66. The summed E-state index contributed by atoms with van der Waals surface area (Å²) < 4.78 is 34.6. The Balaban J connectivity index is 1.94. The normalized spacial score (nSPS) is 11.9. The lowest BCUT2D eigenvalue weighted by atomic mass is 10.2. The molecular weight excluding hydrogens is 360 g/mol. The van der Waals surface area contributed by atoms with E-state index in [0.717, 1.165) is 5.56 Å². The van der Waals surface area contributed by atoms with Gasteiger partial charge in [-0.1, -0.05) is 42.1 Å². The van der Waals surface area contributed by atoms with Gasteiger partial charge >= 0.3 is 0 Å². The molecule has 0 saturated carbocycles. The first-order chi connectivity index (χ1) is 12.6. The van der Waals surface area contributed by atoms with Gasteiger partial charge in [0.25, 0.3) is 6.43 Å². The Morgan fingerprint density at radius 1 is 1.19 bits per heavy atom. The second-order valence-corrected chi connectivity index (χ2v) is 6.07. The maximum absolute atomic E-state index is 12.2. The van der Waals surface area contributed by atoms with Crippen molar-refractivity contribution < 1.29 is 18.3 Å². The molecule has 0 aliphatic heterocycles. The van der Waals surface area contributed by atoms with Crippen LogP contribution in [0.2, 0.25) is 0 Å². The molecule has 0 atom stereocenters. The summed E-state index contributed by atoms with van der Waals surface area (Å²) in [7, 11) is 1.43. The van der Waals surface area contributed by atoms with E-state index in [0.29, 0.717) is 22.2 Å². The molecule has 138 valence electrons. The number of benzene rings is 2. The maximum Gasteiger partial charge on any atom is 0.272 e. The number of rotatable bonds is 8. The highest BCUT2D eigenvalue weighted by molar-refractivity contribution is 8.13. The average molecular weight is 379 g/mol. The number of hydrogen-bond acceptors (Lipinski definition) is 5. The molecule has 0 spiro atoms. The number of nitrogens with two attached hydrogens (primary N) is 1. The molecule has 0 bridgehead atoms. The molecule has 0 amide bonds. The highest BCUT2D eigenvalue weighted by Gasteiger charge is 2.08. The van der Waals surface area contributed by atoms with E-state index in [9.17, 15) is 8.78 Å². The van der Waals surface area contributed by atoms with E-state index in [1.165, 1.54) is 25.1 Å². The van der Waals surface area contributed by atoms with Crippen LogP contribution >= 0.6 is 11.8 Å². The summed E-state index contributed by atoms with van der Waals surface area (Å²) in [5, 5.41) is 8.20. The van der Waals surface area contributed by atoms with Crippen molar-refractivity contribution in [2.75, 3.05) is 13.7 Å². The molecule has 2 N–H and O–H groups in total. The number of nitrogens with zero attached hydrogens (tertiary/aromatic N) is 2. The summed E-state index contributed by atoms with van der Waals surface area (Å²) >= 11 is 1.38. The Morgan fingerprint density at radius 3 is 2.65 bits per heavy atom. The van der Waals surface area contributed by atoms with E-state index >= 15 is 0 Å². The van der Waals surface area contributed by atoms with Gasteiger partial charge in [-0.05, 0) is 29.3 Å². The van der Waals surface area contributed by atoms with Crippen LogP contribution in [0.5, 0.6) is 11.5 Å². The van der Waals surface area contributed by atoms with Crippen LogP contribution in [0.1, 0.15) is 11.1 Å². The molecule has 2 rings (SSSR count). The molecule has 0 radical (unpaired) electrons. The molecule has 8 heteroatoms. The minimum Gasteiger partial charge on any atom is -0.493 e. The second-order valence-electron chi connectivity index (χ2n) is 5.07. The molecule has 5 nitrogen and oxygen atoms in total. The zero-order valence-electron chi connectivity index (χ0n) is 14.1. The van der Waals surface area contributed by atoms with E-state index in [1.54, 1.807) is 18.2 Å². The van der Waals surface area contributed by atoms with Gasteiger partial charge in [-0.2, -0.15) is 5.10 Å². The number of hydrogen-bond donors (Lipinski definition) is 1. The Hall–Kier alpha value is -2.61. The SMILES string of the molecule is COc1cc(C=NN=C(N)SCc2ccccc2)ccc1OCC(F)F. The largest absolute Gasteiger partial charge is 0.493 e. The monoisotopic (exact) mass is 379 g/mol. The summed E-state index contributed by atoms with van der Waals surface area (Å²) in [6, 6.07) is 14.7. The van der Waals surface area contributed by atoms with Crippen molar-refractivity contribution in [3.63, 3.8) is 0 Å². The highest BCUT2D eigenvalue weighted by atomic mass is 32.2. The number of halogens is 2. The molecule has 26 heavy (non-hydrogen) atoms. The van der Waals surface area contributed by atoms with Crippen LogP contribution in [0.3, 0.4) is 0 Å². The van der Waals surface area contributed by atoms with Gasteiger partial charge in [-0.3, -0.25) is 0 Å². The Labute approximate surface area is 154 Å². The minimum atomic E-state index is -2.55. The smallest absolute Gasteiger partial charge is 0.272 e. The van der Waals surface area contributed by atoms with Gasteiger partial charge in [-0.15, -0.1) is 5.10 Å². The fourth-order valence-electron chi connectivity index (χ4n) is 1.95. The van der Waals surface area contributed by atoms with Gasteiger partial charge in [0, 0.05) is 5.75 Å². The van der Waals surface area contributed by atoms with Crippen LogP contribution in [-0.4, -0.2) is 31.5 Å². The van der Waals surface area contributed by atoms with Crippen molar-refractivity contribution in [1.82, 2.24) is 0 Å². The molecule has 0 aromatic heterocycles. The summed E-state index contributed by atoms with van der Waals surface area (Å²) in [5.74, 6) is 1.28. The van der Waals surface area contributed by atoms with Crippen molar-refractivity contribution in [2.45, 2.75) is 12.2 Å². The van der Waals surface area contributed by atoms with Gasteiger partial charge in [0.2, 0.25) is 0 Å². The Kier molecular flexibility index (Phi) is 7.88. The van der Waals surface area contributed by atoms with Gasteiger partial charge in [0.15, 0.2) is 16.7 Å². The summed E-state index contributed by atoms with van der Waals surface area (Å²) in [6.07, 6.45) is -1.05. The first-order valence-corrected chi connectivity index (χ1v) is 8.69. The van der Waals surface area contributed by atoms with Gasteiger partial charge in [0.1, 0.15) is 6.61 Å².